The lowest BCUT2D eigenvalue weighted by Crippen LogP contribution is -2.39. The lowest BCUT2D eigenvalue weighted by atomic mass is 10.00. The Hall–Kier alpha value is -2.73. The molecule has 0 aliphatic carbocycles. The molecule has 26 heavy (non-hydrogen) atoms. The van der Waals surface area contributed by atoms with E-state index in [-0.39, 0.29) is 25.0 Å². The highest BCUT2D eigenvalue weighted by atomic mass is 35.5. The predicted molar refractivity (Wildman–Crippen MR) is 99.6 cm³/mol. The predicted octanol–water partition coefficient (Wildman–Crippen LogP) is 2.67. The Balaban J connectivity index is 1.41. The van der Waals surface area contributed by atoms with Gasteiger partial charge in [-0.1, -0.05) is 35.9 Å². The molecule has 6 nitrogen and oxygen atoms in total. The first-order chi connectivity index (χ1) is 12.6. The number of hydrogen-bond acceptors (Lipinski definition) is 4. The Morgan fingerprint density at radius 3 is 2.92 bits per heavy atom. The zero-order valence-corrected chi connectivity index (χ0v) is 14.8. The van der Waals surface area contributed by atoms with E-state index in [1.807, 2.05) is 17.0 Å². The molecule has 2 aromatic rings. The zero-order chi connectivity index (χ0) is 18.1. The third-order valence-electron chi connectivity index (χ3n) is 4.62. The van der Waals surface area contributed by atoms with E-state index in [1.54, 1.807) is 12.1 Å². The highest BCUT2D eigenvalue weighted by Crippen LogP contribution is 2.36. The number of carbonyl (C=O) groups is 2. The summed E-state index contributed by atoms with van der Waals surface area (Å²) in [5, 5.41) is 6.20. The average Bonchev–Trinajstić information content (AvgIpc) is 2.65. The number of nitrogens with zero attached hydrogens (tertiary/aromatic N) is 1. The number of anilines is 2. The molecule has 0 atom stereocenters. The van der Waals surface area contributed by atoms with Gasteiger partial charge in [-0.3, -0.25) is 9.59 Å². The molecule has 2 aliphatic rings. The molecule has 4 rings (SSSR count). The number of amides is 2. The first-order valence-corrected chi connectivity index (χ1v) is 8.82. The minimum Gasteiger partial charge on any atom is -0.482 e. The molecular formula is C19H18ClN3O3. The molecular weight excluding hydrogens is 354 g/mol. The maximum atomic E-state index is 12.6. The zero-order valence-electron chi connectivity index (χ0n) is 14.0. The van der Waals surface area contributed by atoms with Crippen LogP contribution in [-0.4, -0.2) is 36.4 Å². The number of ether oxygens (including phenoxy) is 1. The van der Waals surface area contributed by atoms with Crippen LogP contribution in [0.3, 0.4) is 0 Å². The number of fused-ring (bicyclic) bond motifs is 2. The molecule has 0 saturated heterocycles. The van der Waals surface area contributed by atoms with Crippen molar-refractivity contribution < 1.29 is 14.3 Å². The molecule has 0 fully saturated rings. The molecule has 0 unspecified atom stereocenters. The van der Waals surface area contributed by atoms with Crippen molar-refractivity contribution in [3.8, 4) is 5.75 Å². The normalized spacial score (nSPS) is 15.4. The fourth-order valence-corrected chi connectivity index (χ4v) is 3.46. The van der Waals surface area contributed by atoms with Crippen molar-refractivity contribution in [3.63, 3.8) is 0 Å². The Morgan fingerprint density at radius 1 is 1.27 bits per heavy atom. The summed E-state index contributed by atoms with van der Waals surface area (Å²) in [5.41, 5.74) is 3.65. The fraction of sp³-hybridized carbons (Fsp3) is 0.263. The number of rotatable bonds is 3. The molecule has 134 valence electrons. The van der Waals surface area contributed by atoms with E-state index in [0.29, 0.717) is 35.2 Å². The molecule has 0 aromatic heterocycles. The summed E-state index contributed by atoms with van der Waals surface area (Å²) in [7, 11) is 0. The summed E-state index contributed by atoms with van der Waals surface area (Å²) in [6.07, 6.45) is 0.870. The highest BCUT2D eigenvalue weighted by molar-refractivity contribution is 6.33. The largest absolute Gasteiger partial charge is 0.482 e. The van der Waals surface area contributed by atoms with Gasteiger partial charge in [-0.2, -0.15) is 0 Å². The second-order valence-corrected chi connectivity index (χ2v) is 6.76. The lowest BCUT2D eigenvalue weighted by Gasteiger charge is -2.29. The van der Waals surface area contributed by atoms with Crippen LogP contribution >= 0.6 is 11.6 Å². The van der Waals surface area contributed by atoms with Crippen molar-refractivity contribution in [2.24, 2.45) is 0 Å². The van der Waals surface area contributed by atoms with Crippen LogP contribution in [0.1, 0.15) is 11.1 Å². The van der Waals surface area contributed by atoms with Gasteiger partial charge in [0, 0.05) is 19.2 Å². The van der Waals surface area contributed by atoms with Crippen LogP contribution in [0, 0.1) is 0 Å². The quantitative estimate of drug-likeness (QED) is 0.870. The van der Waals surface area contributed by atoms with Crippen LogP contribution < -0.4 is 15.4 Å². The molecule has 2 aromatic carbocycles. The summed E-state index contributed by atoms with van der Waals surface area (Å²) in [4.78, 5) is 25.8. The van der Waals surface area contributed by atoms with Crippen LogP contribution in [0.4, 0.5) is 11.4 Å². The van der Waals surface area contributed by atoms with Crippen molar-refractivity contribution in [1.82, 2.24) is 4.90 Å². The van der Waals surface area contributed by atoms with Crippen molar-refractivity contribution in [2.45, 2.75) is 13.0 Å². The van der Waals surface area contributed by atoms with E-state index in [4.69, 9.17) is 16.3 Å². The van der Waals surface area contributed by atoms with Gasteiger partial charge in [0.05, 0.1) is 22.9 Å². The van der Waals surface area contributed by atoms with Gasteiger partial charge < -0.3 is 20.3 Å². The second kappa shape index (κ2) is 6.88. The number of benzene rings is 2. The molecule has 0 radical (unpaired) electrons. The van der Waals surface area contributed by atoms with Crippen LogP contribution in [-0.2, 0) is 22.6 Å². The SMILES string of the molecule is O=C1COc2cc(NCC(=O)N3CCc4ccccc4C3)c(Cl)cc2N1. The van der Waals surface area contributed by atoms with E-state index in [2.05, 4.69) is 22.8 Å². The number of hydrogen-bond donors (Lipinski definition) is 2. The summed E-state index contributed by atoms with van der Waals surface area (Å²) in [5.74, 6) is 0.341. The summed E-state index contributed by atoms with van der Waals surface area (Å²) in [6.45, 7) is 1.46. The van der Waals surface area contributed by atoms with Crippen LogP contribution in [0.25, 0.3) is 0 Å². The first kappa shape index (κ1) is 16.7. The van der Waals surface area contributed by atoms with E-state index >= 15 is 0 Å². The summed E-state index contributed by atoms with van der Waals surface area (Å²) >= 11 is 6.25. The summed E-state index contributed by atoms with van der Waals surface area (Å²) in [6, 6.07) is 11.5. The molecule has 0 spiro atoms. The van der Waals surface area contributed by atoms with Gasteiger partial charge in [0.2, 0.25) is 5.91 Å². The van der Waals surface area contributed by atoms with Gasteiger partial charge in [-0.25, -0.2) is 0 Å². The Morgan fingerprint density at radius 2 is 2.08 bits per heavy atom. The molecule has 7 heteroatoms. The monoisotopic (exact) mass is 371 g/mol. The maximum Gasteiger partial charge on any atom is 0.262 e. The third-order valence-corrected chi connectivity index (χ3v) is 4.93. The second-order valence-electron chi connectivity index (χ2n) is 6.35. The van der Waals surface area contributed by atoms with E-state index in [0.717, 1.165) is 6.42 Å². The third kappa shape index (κ3) is 3.32. The smallest absolute Gasteiger partial charge is 0.262 e. The van der Waals surface area contributed by atoms with Crippen LogP contribution in [0.15, 0.2) is 36.4 Å². The van der Waals surface area contributed by atoms with Gasteiger partial charge >= 0.3 is 0 Å². The number of carbonyl (C=O) groups excluding carboxylic acids is 2. The minimum absolute atomic E-state index is 0.0162. The van der Waals surface area contributed by atoms with Gasteiger partial charge in [-0.05, 0) is 23.6 Å². The molecule has 2 N–H and O–H groups in total. The van der Waals surface area contributed by atoms with E-state index < -0.39 is 0 Å². The van der Waals surface area contributed by atoms with E-state index in [1.165, 1.54) is 11.1 Å². The van der Waals surface area contributed by atoms with Crippen molar-refractivity contribution in [2.75, 3.05) is 30.3 Å². The Labute approximate surface area is 156 Å². The number of nitrogens with one attached hydrogen (secondary N) is 2. The minimum atomic E-state index is -0.213. The highest BCUT2D eigenvalue weighted by Gasteiger charge is 2.21. The number of halogens is 1. The fourth-order valence-electron chi connectivity index (χ4n) is 3.23. The van der Waals surface area contributed by atoms with Gasteiger partial charge in [-0.15, -0.1) is 0 Å². The molecule has 0 saturated carbocycles. The van der Waals surface area contributed by atoms with Crippen molar-refractivity contribution in [3.05, 3.63) is 52.5 Å². The van der Waals surface area contributed by atoms with Gasteiger partial charge in [0.15, 0.2) is 6.61 Å². The maximum absolute atomic E-state index is 12.6. The molecule has 2 heterocycles. The standard InChI is InChI=1S/C19H18ClN3O3/c20-14-7-16-17(26-11-18(24)22-16)8-15(14)21-9-19(25)23-6-5-12-3-1-2-4-13(12)10-23/h1-4,7-8,21H,5-6,9-11H2,(H,22,24). The molecule has 0 bridgehead atoms. The average molecular weight is 372 g/mol. The molecule has 2 aliphatic heterocycles. The Kier molecular flexibility index (Phi) is 4.42. The van der Waals surface area contributed by atoms with Crippen LogP contribution in [0.5, 0.6) is 5.75 Å². The van der Waals surface area contributed by atoms with E-state index in [9.17, 15) is 9.59 Å². The first-order valence-electron chi connectivity index (χ1n) is 8.45. The lowest BCUT2D eigenvalue weighted by molar-refractivity contribution is -0.130. The van der Waals surface area contributed by atoms with Crippen LogP contribution in [0.2, 0.25) is 5.02 Å². The molecule has 2 amide bonds. The van der Waals surface area contributed by atoms with Crippen molar-refractivity contribution in [1.29, 1.82) is 0 Å². The van der Waals surface area contributed by atoms with Gasteiger partial charge in [0.25, 0.3) is 5.91 Å². The topological polar surface area (TPSA) is 70.7 Å². The summed E-state index contributed by atoms with van der Waals surface area (Å²) < 4.78 is 5.39. The van der Waals surface area contributed by atoms with Gasteiger partial charge in [0.1, 0.15) is 5.75 Å². The Bertz CT molecular complexity index is 884. The van der Waals surface area contributed by atoms with Crippen molar-refractivity contribution >= 4 is 34.8 Å².